The standard InChI is InChI=1S/C17H24N2O/c1-5-6-16(18)17(20)19-13(4)15-9-7-14(8-10-15)11-12(2)3/h1,7-10,12-13,16H,6,11,18H2,2-4H3,(H,19,20). The molecule has 0 aliphatic carbocycles. The lowest BCUT2D eigenvalue weighted by atomic mass is 10.00. The summed E-state index contributed by atoms with van der Waals surface area (Å²) in [5.74, 6) is 2.83. The van der Waals surface area contributed by atoms with Gasteiger partial charge in [-0.25, -0.2) is 0 Å². The molecule has 2 unspecified atom stereocenters. The Morgan fingerprint density at radius 3 is 2.40 bits per heavy atom. The number of benzene rings is 1. The van der Waals surface area contributed by atoms with Gasteiger partial charge >= 0.3 is 0 Å². The van der Waals surface area contributed by atoms with Crippen LogP contribution in [0.3, 0.4) is 0 Å². The predicted molar refractivity (Wildman–Crippen MR) is 83.0 cm³/mol. The molecule has 108 valence electrons. The van der Waals surface area contributed by atoms with Gasteiger partial charge in [-0.05, 0) is 30.4 Å². The number of hydrogen-bond donors (Lipinski definition) is 2. The van der Waals surface area contributed by atoms with Gasteiger partial charge in [-0.2, -0.15) is 0 Å². The highest BCUT2D eigenvalue weighted by molar-refractivity contribution is 5.82. The Balaban J connectivity index is 2.62. The Hall–Kier alpha value is -1.79. The van der Waals surface area contributed by atoms with Crippen LogP contribution in [0.15, 0.2) is 24.3 Å². The van der Waals surface area contributed by atoms with Crippen molar-refractivity contribution in [3.8, 4) is 12.3 Å². The number of amides is 1. The van der Waals surface area contributed by atoms with Crippen LogP contribution in [0.1, 0.15) is 44.4 Å². The molecule has 1 aromatic carbocycles. The Morgan fingerprint density at radius 2 is 1.90 bits per heavy atom. The van der Waals surface area contributed by atoms with E-state index in [0.29, 0.717) is 5.92 Å². The molecule has 3 N–H and O–H groups in total. The van der Waals surface area contributed by atoms with E-state index >= 15 is 0 Å². The van der Waals surface area contributed by atoms with E-state index < -0.39 is 6.04 Å². The highest BCUT2D eigenvalue weighted by Gasteiger charge is 2.15. The summed E-state index contributed by atoms with van der Waals surface area (Å²) in [7, 11) is 0. The maximum absolute atomic E-state index is 11.8. The predicted octanol–water partition coefficient (Wildman–Crippen LogP) is 2.41. The summed E-state index contributed by atoms with van der Waals surface area (Å²) >= 11 is 0. The Morgan fingerprint density at radius 1 is 1.30 bits per heavy atom. The molecule has 0 radical (unpaired) electrons. The molecule has 0 heterocycles. The van der Waals surface area contributed by atoms with Crippen molar-refractivity contribution in [1.82, 2.24) is 5.32 Å². The number of rotatable bonds is 6. The Labute approximate surface area is 121 Å². The molecule has 3 heteroatoms. The van der Waals surface area contributed by atoms with Crippen LogP contribution in [0, 0.1) is 18.3 Å². The highest BCUT2D eigenvalue weighted by atomic mass is 16.2. The number of hydrogen-bond acceptors (Lipinski definition) is 2. The molecule has 3 nitrogen and oxygen atoms in total. The molecule has 0 aromatic heterocycles. The van der Waals surface area contributed by atoms with Gasteiger partial charge in [0.1, 0.15) is 0 Å². The van der Waals surface area contributed by atoms with Crippen LogP contribution in [0.2, 0.25) is 0 Å². The quantitative estimate of drug-likeness (QED) is 0.781. The van der Waals surface area contributed by atoms with E-state index in [9.17, 15) is 4.79 Å². The smallest absolute Gasteiger partial charge is 0.238 e. The SMILES string of the molecule is C#CCC(N)C(=O)NC(C)c1ccc(CC(C)C)cc1. The first kappa shape index (κ1) is 16.3. The summed E-state index contributed by atoms with van der Waals surface area (Å²) in [5, 5.41) is 2.88. The lowest BCUT2D eigenvalue weighted by molar-refractivity contribution is -0.122. The van der Waals surface area contributed by atoms with Crippen molar-refractivity contribution in [2.24, 2.45) is 11.7 Å². The molecule has 0 saturated heterocycles. The largest absolute Gasteiger partial charge is 0.348 e. The first-order chi connectivity index (χ1) is 9.43. The van der Waals surface area contributed by atoms with Crippen LogP contribution >= 0.6 is 0 Å². The summed E-state index contributed by atoms with van der Waals surface area (Å²) in [6, 6.07) is 7.62. The fraction of sp³-hybridized carbons (Fsp3) is 0.471. The third-order valence-electron chi connectivity index (χ3n) is 3.16. The molecular formula is C17H24N2O. The van der Waals surface area contributed by atoms with Crippen molar-refractivity contribution >= 4 is 5.91 Å². The van der Waals surface area contributed by atoms with Crippen molar-refractivity contribution in [3.63, 3.8) is 0 Å². The summed E-state index contributed by atoms with van der Waals surface area (Å²) in [5.41, 5.74) is 8.06. The minimum absolute atomic E-state index is 0.0700. The van der Waals surface area contributed by atoms with Gasteiger partial charge < -0.3 is 11.1 Å². The molecule has 0 spiro atoms. The van der Waals surface area contributed by atoms with Crippen LogP contribution < -0.4 is 11.1 Å². The zero-order valence-corrected chi connectivity index (χ0v) is 12.5. The van der Waals surface area contributed by atoms with E-state index in [4.69, 9.17) is 12.2 Å². The van der Waals surface area contributed by atoms with Crippen molar-refractivity contribution in [3.05, 3.63) is 35.4 Å². The van der Waals surface area contributed by atoms with E-state index in [0.717, 1.165) is 12.0 Å². The van der Waals surface area contributed by atoms with Crippen molar-refractivity contribution in [2.45, 2.75) is 45.7 Å². The lowest BCUT2D eigenvalue weighted by Crippen LogP contribution is -2.41. The van der Waals surface area contributed by atoms with Gasteiger partial charge in [-0.15, -0.1) is 12.3 Å². The van der Waals surface area contributed by atoms with Crippen LogP contribution in [0.4, 0.5) is 0 Å². The van der Waals surface area contributed by atoms with Gasteiger partial charge in [0.25, 0.3) is 0 Å². The molecule has 0 fully saturated rings. The summed E-state index contributed by atoms with van der Waals surface area (Å²) in [4.78, 5) is 11.8. The Kier molecular flexibility index (Phi) is 6.27. The van der Waals surface area contributed by atoms with E-state index in [2.05, 4.69) is 49.4 Å². The minimum Gasteiger partial charge on any atom is -0.348 e. The summed E-state index contributed by atoms with van der Waals surface area (Å²) in [6.45, 7) is 6.34. The van der Waals surface area contributed by atoms with E-state index in [1.54, 1.807) is 0 Å². The lowest BCUT2D eigenvalue weighted by Gasteiger charge is -2.17. The molecule has 1 rings (SSSR count). The highest BCUT2D eigenvalue weighted by Crippen LogP contribution is 2.15. The average molecular weight is 272 g/mol. The van der Waals surface area contributed by atoms with Crippen LogP contribution in [0.25, 0.3) is 0 Å². The fourth-order valence-corrected chi connectivity index (χ4v) is 2.04. The van der Waals surface area contributed by atoms with Crippen molar-refractivity contribution < 1.29 is 4.79 Å². The zero-order chi connectivity index (χ0) is 15.1. The van der Waals surface area contributed by atoms with Crippen LogP contribution in [-0.2, 0) is 11.2 Å². The average Bonchev–Trinajstić information content (AvgIpc) is 2.39. The molecule has 0 bridgehead atoms. The third-order valence-corrected chi connectivity index (χ3v) is 3.16. The molecule has 0 aliphatic heterocycles. The van der Waals surface area contributed by atoms with Gasteiger partial charge in [0.05, 0.1) is 12.1 Å². The molecule has 1 amide bonds. The molecule has 20 heavy (non-hydrogen) atoms. The second-order valence-corrected chi connectivity index (χ2v) is 5.58. The van der Waals surface area contributed by atoms with Gasteiger partial charge in [-0.1, -0.05) is 38.1 Å². The van der Waals surface area contributed by atoms with Gasteiger partial charge in [0, 0.05) is 6.42 Å². The first-order valence-corrected chi connectivity index (χ1v) is 7.02. The normalized spacial score (nSPS) is 13.6. The van der Waals surface area contributed by atoms with Gasteiger partial charge in [-0.3, -0.25) is 4.79 Å². The molecule has 2 atom stereocenters. The molecule has 0 saturated carbocycles. The molecule has 0 aliphatic rings. The number of carbonyl (C=O) groups excluding carboxylic acids is 1. The van der Waals surface area contributed by atoms with Crippen molar-refractivity contribution in [2.75, 3.05) is 0 Å². The van der Waals surface area contributed by atoms with Gasteiger partial charge in [0.15, 0.2) is 0 Å². The van der Waals surface area contributed by atoms with Gasteiger partial charge in [0.2, 0.25) is 5.91 Å². The minimum atomic E-state index is -0.636. The number of terminal acetylenes is 1. The van der Waals surface area contributed by atoms with E-state index in [1.807, 2.05) is 6.92 Å². The van der Waals surface area contributed by atoms with Crippen LogP contribution in [-0.4, -0.2) is 11.9 Å². The van der Waals surface area contributed by atoms with E-state index in [-0.39, 0.29) is 18.4 Å². The topological polar surface area (TPSA) is 55.1 Å². The number of nitrogens with one attached hydrogen (secondary N) is 1. The van der Waals surface area contributed by atoms with Crippen molar-refractivity contribution in [1.29, 1.82) is 0 Å². The summed E-state index contributed by atoms with van der Waals surface area (Å²) in [6.07, 6.45) is 6.47. The second-order valence-electron chi connectivity index (χ2n) is 5.58. The van der Waals surface area contributed by atoms with Crippen LogP contribution in [0.5, 0.6) is 0 Å². The Bertz CT molecular complexity index is 471. The maximum atomic E-state index is 11.8. The van der Waals surface area contributed by atoms with E-state index in [1.165, 1.54) is 5.56 Å². The second kappa shape index (κ2) is 7.72. The number of nitrogens with two attached hydrogens (primary N) is 1. The fourth-order valence-electron chi connectivity index (χ4n) is 2.04. The monoisotopic (exact) mass is 272 g/mol. The summed E-state index contributed by atoms with van der Waals surface area (Å²) < 4.78 is 0. The molecule has 1 aromatic rings. The molecular weight excluding hydrogens is 248 g/mol. The third kappa shape index (κ3) is 5.07. The first-order valence-electron chi connectivity index (χ1n) is 7.02. The maximum Gasteiger partial charge on any atom is 0.238 e. The number of carbonyl (C=O) groups is 1. The zero-order valence-electron chi connectivity index (χ0n) is 12.5.